The molecule has 2 aromatic rings. The minimum atomic E-state index is -0.982. The van der Waals surface area contributed by atoms with E-state index >= 15 is 0 Å². The molecule has 1 aliphatic rings. The Bertz CT molecular complexity index is 732. The van der Waals surface area contributed by atoms with Crippen LogP contribution in [0.5, 0.6) is 5.75 Å². The van der Waals surface area contributed by atoms with Crippen molar-refractivity contribution in [2.45, 2.75) is 6.92 Å². The highest BCUT2D eigenvalue weighted by Gasteiger charge is 2.25. The van der Waals surface area contributed by atoms with Gasteiger partial charge in [-0.05, 0) is 19.1 Å². The van der Waals surface area contributed by atoms with Crippen LogP contribution < -0.4 is 15.0 Å². The van der Waals surface area contributed by atoms with Crippen LogP contribution in [0, 0.1) is 18.6 Å². The Morgan fingerprint density at radius 3 is 2.61 bits per heavy atom. The number of nitrogens with zero attached hydrogens (tertiary/aromatic N) is 1. The molecule has 4 nitrogen and oxygen atoms in total. The van der Waals surface area contributed by atoms with Gasteiger partial charge < -0.3 is 15.0 Å². The van der Waals surface area contributed by atoms with Gasteiger partial charge in [0, 0.05) is 12.1 Å². The van der Waals surface area contributed by atoms with Gasteiger partial charge in [-0.25, -0.2) is 8.78 Å². The highest BCUT2D eigenvalue weighted by atomic mass is 19.2. The molecule has 0 bridgehead atoms. The molecule has 0 radical (unpaired) electrons. The number of nitrogens with one attached hydrogen (secondary N) is 1. The fraction of sp³-hybridized carbons (Fsp3) is 0.235. The Kier molecular flexibility index (Phi) is 4.14. The molecule has 0 spiro atoms. The fourth-order valence-corrected chi connectivity index (χ4v) is 2.44. The van der Waals surface area contributed by atoms with Gasteiger partial charge in [-0.3, -0.25) is 4.79 Å². The van der Waals surface area contributed by atoms with E-state index in [4.69, 9.17) is 4.74 Å². The van der Waals surface area contributed by atoms with E-state index in [2.05, 4.69) is 5.32 Å². The molecule has 1 amide bonds. The summed E-state index contributed by atoms with van der Waals surface area (Å²) in [5.41, 5.74) is 1.85. The number of benzene rings is 2. The summed E-state index contributed by atoms with van der Waals surface area (Å²) in [6, 6.07) is 9.64. The number of halogens is 2. The topological polar surface area (TPSA) is 41.6 Å². The van der Waals surface area contributed by atoms with Crippen LogP contribution >= 0.6 is 0 Å². The first-order valence-electron chi connectivity index (χ1n) is 7.27. The van der Waals surface area contributed by atoms with Crippen molar-refractivity contribution in [3.05, 3.63) is 53.6 Å². The molecule has 0 aliphatic carbocycles. The molecule has 0 saturated carbocycles. The monoisotopic (exact) mass is 318 g/mol. The lowest BCUT2D eigenvalue weighted by atomic mass is 10.2. The molecule has 1 heterocycles. The minimum Gasteiger partial charge on any atom is -0.492 e. The number of anilines is 2. The zero-order valence-corrected chi connectivity index (χ0v) is 12.6. The number of carbonyl (C=O) groups is 1. The standard InChI is InChI=1S/C17H16F2N2O2/c1-11-2-4-12(5-3-11)23-7-6-21-16-9-14(19)13(18)8-15(16)20-10-17(21)22/h2-5,8-9,20H,6-7,10H2,1H3. The number of hydrogen-bond acceptors (Lipinski definition) is 3. The normalized spacial score (nSPS) is 13.5. The van der Waals surface area contributed by atoms with Gasteiger partial charge in [-0.15, -0.1) is 0 Å². The molecular weight excluding hydrogens is 302 g/mol. The number of ether oxygens (including phenoxy) is 1. The van der Waals surface area contributed by atoms with Gasteiger partial charge in [-0.1, -0.05) is 17.7 Å². The molecule has 0 unspecified atom stereocenters. The van der Waals surface area contributed by atoms with Gasteiger partial charge >= 0.3 is 0 Å². The molecule has 0 aromatic heterocycles. The van der Waals surface area contributed by atoms with E-state index in [1.165, 1.54) is 4.90 Å². The lowest BCUT2D eigenvalue weighted by Gasteiger charge is -2.30. The molecule has 1 N–H and O–H groups in total. The van der Waals surface area contributed by atoms with E-state index in [1.54, 1.807) is 0 Å². The predicted molar refractivity (Wildman–Crippen MR) is 83.9 cm³/mol. The summed E-state index contributed by atoms with van der Waals surface area (Å²) >= 11 is 0. The third-order valence-corrected chi connectivity index (χ3v) is 3.67. The molecule has 1 aliphatic heterocycles. The molecule has 120 valence electrons. The third kappa shape index (κ3) is 3.26. The van der Waals surface area contributed by atoms with Crippen molar-refractivity contribution >= 4 is 17.3 Å². The Balaban J connectivity index is 1.71. The summed E-state index contributed by atoms with van der Waals surface area (Å²) < 4.78 is 32.4. The number of carbonyl (C=O) groups excluding carboxylic acids is 1. The lowest BCUT2D eigenvalue weighted by Crippen LogP contribution is -2.42. The molecule has 3 rings (SSSR count). The molecular formula is C17H16F2N2O2. The Morgan fingerprint density at radius 2 is 1.87 bits per heavy atom. The summed E-state index contributed by atoms with van der Waals surface area (Å²) in [5, 5.41) is 2.79. The van der Waals surface area contributed by atoms with Crippen LogP contribution in [0.3, 0.4) is 0 Å². The van der Waals surface area contributed by atoms with Crippen molar-refractivity contribution in [3.63, 3.8) is 0 Å². The van der Waals surface area contributed by atoms with Crippen molar-refractivity contribution in [2.24, 2.45) is 0 Å². The van der Waals surface area contributed by atoms with Crippen molar-refractivity contribution in [2.75, 3.05) is 29.9 Å². The average molecular weight is 318 g/mol. The van der Waals surface area contributed by atoms with Crippen LogP contribution in [0.25, 0.3) is 0 Å². The van der Waals surface area contributed by atoms with E-state index in [-0.39, 0.29) is 25.6 Å². The van der Waals surface area contributed by atoms with E-state index in [0.717, 1.165) is 17.7 Å². The van der Waals surface area contributed by atoms with Crippen LogP contribution in [0.15, 0.2) is 36.4 Å². The summed E-state index contributed by atoms with van der Waals surface area (Å²) in [5.74, 6) is -1.44. The van der Waals surface area contributed by atoms with E-state index in [9.17, 15) is 13.6 Å². The first kappa shape index (κ1) is 15.3. The van der Waals surface area contributed by atoms with E-state index in [0.29, 0.717) is 17.1 Å². The molecule has 2 aromatic carbocycles. The maximum absolute atomic E-state index is 13.5. The summed E-state index contributed by atoms with van der Waals surface area (Å²) in [6.45, 7) is 2.54. The minimum absolute atomic E-state index is 0.0443. The second kappa shape index (κ2) is 6.24. The molecule has 0 atom stereocenters. The maximum atomic E-state index is 13.5. The summed E-state index contributed by atoms with van der Waals surface area (Å²) in [6.07, 6.45) is 0. The van der Waals surface area contributed by atoms with Gasteiger partial charge in [0.15, 0.2) is 11.6 Å². The van der Waals surface area contributed by atoms with Crippen molar-refractivity contribution in [3.8, 4) is 5.75 Å². The lowest BCUT2D eigenvalue weighted by molar-refractivity contribution is -0.117. The number of hydrogen-bond donors (Lipinski definition) is 1. The number of rotatable bonds is 4. The van der Waals surface area contributed by atoms with Crippen LogP contribution in [0.4, 0.5) is 20.2 Å². The average Bonchev–Trinajstić information content (AvgIpc) is 2.53. The quantitative estimate of drug-likeness (QED) is 0.942. The predicted octanol–water partition coefficient (Wildman–Crippen LogP) is 3.11. The Labute approximate surface area is 132 Å². The molecule has 0 saturated heterocycles. The second-order valence-corrected chi connectivity index (χ2v) is 5.34. The molecule has 6 heteroatoms. The number of fused-ring (bicyclic) bond motifs is 1. The SMILES string of the molecule is Cc1ccc(OCCN2C(=O)CNc3cc(F)c(F)cc32)cc1. The third-order valence-electron chi connectivity index (χ3n) is 3.67. The summed E-state index contributed by atoms with van der Waals surface area (Å²) in [4.78, 5) is 13.4. The molecule has 0 fully saturated rings. The van der Waals surface area contributed by atoms with Crippen LogP contribution in [-0.2, 0) is 4.79 Å². The summed E-state index contributed by atoms with van der Waals surface area (Å²) in [7, 11) is 0. The van der Waals surface area contributed by atoms with Crippen LogP contribution in [-0.4, -0.2) is 25.6 Å². The first-order chi connectivity index (χ1) is 11.0. The molecule has 23 heavy (non-hydrogen) atoms. The van der Waals surface area contributed by atoms with Crippen molar-refractivity contribution < 1.29 is 18.3 Å². The van der Waals surface area contributed by atoms with Crippen molar-refractivity contribution in [1.29, 1.82) is 0 Å². The van der Waals surface area contributed by atoms with Gasteiger partial charge in [0.2, 0.25) is 5.91 Å². The van der Waals surface area contributed by atoms with E-state index < -0.39 is 11.6 Å². The van der Waals surface area contributed by atoms with Gasteiger partial charge in [-0.2, -0.15) is 0 Å². The zero-order chi connectivity index (χ0) is 16.4. The van der Waals surface area contributed by atoms with E-state index in [1.807, 2.05) is 31.2 Å². The fourth-order valence-electron chi connectivity index (χ4n) is 2.44. The Morgan fingerprint density at radius 1 is 1.17 bits per heavy atom. The van der Waals surface area contributed by atoms with Crippen molar-refractivity contribution in [1.82, 2.24) is 0 Å². The smallest absolute Gasteiger partial charge is 0.246 e. The van der Waals surface area contributed by atoms with Gasteiger partial charge in [0.25, 0.3) is 0 Å². The largest absolute Gasteiger partial charge is 0.492 e. The van der Waals surface area contributed by atoms with Gasteiger partial charge in [0.05, 0.1) is 24.5 Å². The van der Waals surface area contributed by atoms with Gasteiger partial charge in [0.1, 0.15) is 12.4 Å². The van der Waals surface area contributed by atoms with Crippen LogP contribution in [0.2, 0.25) is 0 Å². The first-order valence-corrected chi connectivity index (χ1v) is 7.27. The Hall–Kier alpha value is -2.63. The van der Waals surface area contributed by atoms with Crippen LogP contribution in [0.1, 0.15) is 5.56 Å². The maximum Gasteiger partial charge on any atom is 0.246 e. The number of aryl methyl sites for hydroxylation is 1. The zero-order valence-electron chi connectivity index (χ0n) is 12.6. The highest BCUT2D eigenvalue weighted by molar-refractivity contribution is 6.02. The number of amides is 1. The highest BCUT2D eigenvalue weighted by Crippen LogP contribution is 2.31. The second-order valence-electron chi connectivity index (χ2n) is 5.34.